The zero-order valence-electron chi connectivity index (χ0n) is 18.7. The highest BCUT2D eigenvalue weighted by Gasteiger charge is 2.26. The summed E-state index contributed by atoms with van der Waals surface area (Å²) in [6, 6.07) is 23.6. The summed E-state index contributed by atoms with van der Waals surface area (Å²) in [4.78, 5) is 22.2. The Morgan fingerprint density at radius 1 is 0.939 bits per heavy atom. The number of hydrogen-bond acceptors (Lipinski definition) is 5. The molecule has 168 valence electrons. The van der Waals surface area contributed by atoms with Crippen molar-refractivity contribution in [3.63, 3.8) is 0 Å². The molecule has 3 aromatic carbocycles. The molecule has 0 atom stereocenters. The second-order valence-electron chi connectivity index (χ2n) is 8.25. The zero-order valence-corrected chi connectivity index (χ0v) is 18.7. The van der Waals surface area contributed by atoms with E-state index in [1.165, 1.54) is 0 Å². The summed E-state index contributed by atoms with van der Waals surface area (Å²) < 4.78 is 11.7. The van der Waals surface area contributed by atoms with Crippen LogP contribution in [0.15, 0.2) is 77.8 Å². The van der Waals surface area contributed by atoms with Gasteiger partial charge in [0.25, 0.3) is 0 Å². The number of rotatable bonds is 3. The molecule has 3 aromatic rings. The molecule has 0 aromatic heterocycles. The summed E-state index contributed by atoms with van der Waals surface area (Å²) in [5, 5.41) is 0. The minimum Gasteiger partial charge on any atom is -0.497 e. The molecular formula is C27H27N3O3. The van der Waals surface area contributed by atoms with E-state index in [0.29, 0.717) is 19.5 Å². The van der Waals surface area contributed by atoms with Crippen molar-refractivity contribution >= 4 is 17.4 Å². The summed E-state index contributed by atoms with van der Waals surface area (Å²) in [6.07, 6.45) is 1.32. The van der Waals surface area contributed by atoms with Gasteiger partial charge in [-0.25, -0.2) is 4.99 Å². The molecule has 2 aliphatic rings. The Labute approximate surface area is 194 Å². The average Bonchev–Trinajstić information content (AvgIpc) is 3.19. The van der Waals surface area contributed by atoms with Gasteiger partial charge in [0, 0.05) is 32.2 Å². The zero-order chi connectivity index (χ0) is 22.6. The van der Waals surface area contributed by atoms with E-state index in [1.54, 1.807) is 7.11 Å². The van der Waals surface area contributed by atoms with Crippen LogP contribution < -0.4 is 9.47 Å². The largest absolute Gasteiger partial charge is 0.497 e. The van der Waals surface area contributed by atoms with Crippen LogP contribution in [0.5, 0.6) is 17.2 Å². The lowest BCUT2D eigenvalue weighted by Gasteiger charge is -2.25. The van der Waals surface area contributed by atoms with Crippen molar-refractivity contribution in [2.24, 2.45) is 4.99 Å². The molecule has 0 bridgehead atoms. The van der Waals surface area contributed by atoms with Crippen molar-refractivity contribution in [2.75, 3.05) is 33.3 Å². The number of hydrogen-bond donors (Lipinski definition) is 0. The third-order valence-electron chi connectivity index (χ3n) is 6.09. The van der Waals surface area contributed by atoms with Gasteiger partial charge in [-0.05, 0) is 36.2 Å². The number of benzene rings is 3. The highest BCUT2D eigenvalue weighted by Crippen LogP contribution is 2.39. The smallest absolute Gasteiger partial charge is 0.227 e. The van der Waals surface area contributed by atoms with E-state index in [-0.39, 0.29) is 5.91 Å². The third kappa shape index (κ3) is 4.55. The topological polar surface area (TPSA) is 54.4 Å². The van der Waals surface area contributed by atoms with Crippen molar-refractivity contribution in [2.45, 2.75) is 12.8 Å². The number of nitrogens with zero attached hydrogens (tertiary/aromatic N) is 3. The van der Waals surface area contributed by atoms with Gasteiger partial charge in [-0.2, -0.15) is 0 Å². The molecule has 0 radical (unpaired) electrons. The Kier molecular flexibility index (Phi) is 5.98. The first-order chi connectivity index (χ1) is 16.2. The maximum absolute atomic E-state index is 12.9. The van der Waals surface area contributed by atoms with Crippen molar-refractivity contribution < 1.29 is 14.3 Å². The van der Waals surface area contributed by atoms with E-state index in [2.05, 4.69) is 4.90 Å². The van der Waals surface area contributed by atoms with Gasteiger partial charge in [0.2, 0.25) is 5.91 Å². The molecule has 2 aliphatic heterocycles. The van der Waals surface area contributed by atoms with E-state index in [4.69, 9.17) is 14.5 Å². The van der Waals surface area contributed by atoms with E-state index >= 15 is 0 Å². The summed E-state index contributed by atoms with van der Waals surface area (Å²) in [6.45, 7) is 2.95. The Morgan fingerprint density at radius 3 is 2.61 bits per heavy atom. The van der Waals surface area contributed by atoms with Gasteiger partial charge in [0.1, 0.15) is 23.0 Å². The lowest BCUT2D eigenvalue weighted by Crippen LogP contribution is -2.38. The molecule has 0 unspecified atom stereocenters. The molecule has 2 heterocycles. The SMILES string of the molecule is COc1ccc2c(c1)Oc1ccccc1N=C2N1CCCN(C(=O)Cc2ccccc2)CC1. The molecule has 1 saturated heterocycles. The van der Waals surface area contributed by atoms with Crippen LogP contribution in [0, 0.1) is 0 Å². The van der Waals surface area contributed by atoms with Crippen LogP contribution in [-0.4, -0.2) is 54.8 Å². The molecule has 0 spiro atoms. The molecular weight excluding hydrogens is 414 g/mol. The van der Waals surface area contributed by atoms with Gasteiger partial charge in [0.15, 0.2) is 5.75 Å². The lowest BCUT2D eigenvalue weighted by atomic mass is 10.1. The molecule has 0 saturated carbocycles. The highest BCUT2D eigenvalue weighted by molar-refractivity contribution is 6.04. The van der Waals surface area contributed by atoms with Gasteiger partial charge in [0.05, 0.1) is 19.1 Å². The number of aliphatic imine (C=N–C) groups is 1. The van der Waals surface area contributed by atoms with Crippen LogP contribution in [0.4, 0.5) is 5.69 Å². The molecule has 1 fully saturated rings. The van der Waals surface area contributed by atoms with Gasteiger partial charge in [-0.1, -0.05) is 42.5 Å². The molecule has 1 amide bonds. The second-order valence-corrected chi connectivity index (χ2v) is 8.25. The predicted octanol–water partition coefficient (Wildman–Crippen LogP) is 4.66. The van der Waals surface area contributed by atoms with Gasteiger partial charge in [-0.15, -0.1) is 0 Å². The van der Waals surface area contributed by atoms with Crippen molar-refractivity contribution in [1.82, 2.24) is 9.80 Å². The number of amides is 1. The average molecular weight is 442 g/mol. The lowest BCUT2D eigenvalue weighted by molar-refractivity contribution is -0.130. The highest BCUT2D eigenvalue weighted by atomic mass is 16.5. The van der Waals surface area contributed by atoms with E-state index in [9.17, 15) is 4.79 Å². The van der Waals surface area contributed by atoms with Crippen molar-refractivity contribution in [1.29, 1.82) is 0 Å². The van der Waals surface area contributed by atoms with Crippen molar-refractivity contribution in [3.05, 3.63) is 83.9 Å². The molecule has 0 N–H and O–H groups in total. The maximum atomic E-state index is 12.9. The standard InChI is InChI=1S/C27H27N3O3/c1-32-21-12-13-22-25(19-21)33-24-11-6-5-10-23(24)28-27(22)30-15-7-14-29(16-17-30)26(31)18-20-8-3-2-4-9-20/h2-6,8-13,19H,7,14-18H2,1H3. The summed E-state index contributed by atoms with van der Waals surface area (Å²) in [5.74, 6) is 3.22. The van der Waals surface area contributed by atoms with Crippen LogP contribution in [0.25, 0.3) is 0 Å². The maximum Gasteiger partial charge on any atom is 0.227 e. The van der Waals surface area contributed by atoms with Gasteiger partial charge in [-0.3, -0.25) is 4.79 Å². The van der Waals surface area contributed by atoms with Crippen LogP contribution in [0.2, 0.25) is 0 Å². The second kappa shape index (κ2) is 9.36. The number of fused-ring (bicyclic) bond motifs is 2. The first-order valence-corrected chi connectivity index (χ1v) is 11.3. The van der Waals surface area contributed by atoms with Crippen LogP contribution >= 0.6 is 0 Å². The fourth-order valence-corrected chi connectivity index (χ4v) is 4.33. The summed E-state index contributed by atoms with van der Waals surface area (Å²) in [5.41, 5.74) is 2.77. The van der Waals surface area contributed by atoms with Crippen molar-refractivity contribution in [3.8, 4) is 17.2 Å². The number of carbonyl (C=O) groups excluding carboxylic acids is 1. The van der Waals surface area contributed by atoms with Crippen LogP contribution in [-0.2, 0) is 11.2 Å². The Bertz CT molecular complexity index is 1180. The van der Waals surface area contributed by atoms with Gasteiger partial charge >= 0.3 is 0 Å². The predicted molar refractivity (Wildman–Crippen MR) is 129 cm³/mol. The molecule has 5 rings (SSSR count). The van der Waals surface area contributed by atoms with Gasteiger partial charge < -0.3 is 19.3 Å². The fourth-order valence-electron chi connectivity index (χ4n) is 4.33. The Balaban J connectivity index is 1.40. The molecule has 0 aliphatic carbocycles. The Hall–Kier alpha value is -3.80. The van der Waals surface area contributed by atoms with Crippen LogP contribution in [0.3, 0.4) is 0 Å². The van der Waals surface area contributed by atoms with E-state index in [1.807, 2.05) is 77.7 Å². The number of amidine groups is 1. The minimum absolute atomic E-state index is 0.171. The number of methoxy groups -OCH3 is 1. The first-order valence-electron chi connectivity index (χ1n) is 11.3. The summed E-state index contributed by atoms with van der Waals surface area (Å²) in [7, 11) is 1.65. The molecule has 33 heavy (non-hydrogen) atoms. The Morgan fingerprint density at radius 2 is 1.76 bits per heavy atom. The molecule has 6 nitrogen and oxygen atoms in total. The molecule has 6 heteroatoms. The number of carbonyl (C=O) groups is 1. The quantitative estimate of drug-likeness (QED) is 0.593. The number of ether oxygens (including phenoxy) is 2. The number of para-hydroxylation sites is 2. The normalized spacial score (nSPS) is 15.4. The summed E-state index contributed by atoms with van der Waals surface area (Å²) >= 11 is 0. The monoisotopic (exact) mass is 441 g/mol. The first kappa shape index (κ1) is 21.1. The fraction of sp³-hybridized carbons (Fsp3) is 0.259. The van der Waals surface area contributed by atoms with E-state index < -0.39 is 0 Å². The minimum atomic E-state index is 0.171. The van der Waals surface area contributed by atoms with E-state index in [0.717, 1.165) is 59.4 Å². The third-order valence-corrected chi connectivity index (χ3v) is 6.09. The van der Waals surface area contributed by atoms with Crippen LogP contribution in [0.1, 0.15) is 17.5 Å².